The van der Waals surface area contributed by atoms with Crippen molar-refractivity contribution in [1.82, 2.24) is 4.98 Å². The first-order valence-electron chi connectivity index (χ1n) is 8.73. The minimum atomic E-state index is -0.556. The summed E-state index contributed by atoms with van der Waals surface area (Å²) in [5.74, 6) is 0.873. The Labute approximate surface area is 146 Å². The summed E-state index contributed by atoms with van der Waals surface area (Å²) in [6.45, 7) is 0. The van der Waals surface area contributed by atoms with Gasteiger partial charge < -0.3 is 10.1 Å². The van der Waals surface area contributed by atoms with Gasteiger partial charge in [-0.25, -0.2) is 4.98 Å². The molecule has 1 aromatic heterocycles. The van der Waals surface area contributed by atoms with Crippen molar-refractivity contribution in [3.8, 4) is 11.8 Å². The molecule has 0 bridgehead atoms. The predicted molar refractivity (Wildman–Crippen MR) is 93.4 cm³/mol. The summed E-state index contributed by atoms with van der Waals surface area (Å²) >= 11 is 0. The van der Waals surface area contributed by atoms with Crippen molar-refractivity contribution < 1.29 is 9.53 Å². The third-order valence-electron chi connectivity index (χ3n) is 4.87. The Hall–Kier alpha value is -2.87. The van der Waals surface area contributed by atoms with Gasteiger partial charge in [0.05, 0.1) is 5.56 Å². The maximum Gasteiger partial charge on any atom is 0.266 e. The Morgan fingerprint density at radius 2 is 2.04 bits per heavy atom. The second-order valence-corrected chi connectivity index (χ2v) is 6.55. The fraction of sp³-hybridized carbons (Fsp3) is 0.350. The lowest BCUT2D eigenvalue weighted by Gasteiger charge is -2.25. The van der Waals surface area contributed by atoms with Gasteiger partial charge in [0, 0.05) is 5.69 Å². The van der Waals surface area contributed by atoms with Gasteiger partial charge in [-0.2, -0.15) is 5.26 Å². The molecule has 1 aliphatic carbocycles. The summed E-state index contributed by atoms with van der Waals surface area (Å²) < 4.78 is 5.83. The molecule has 0 fully saturated rings. The van der Waals surface area contributed by atoms with Gasteiger partial charge in [0.2, 0.25) is 0 Å². The van der Waals surface area contributed by atoms with Crippen LogP contribution in [0.1, 0.15) is 41.6 Å². The zero-order chi connectivity index (χ0) is 17.2. The highest BCUT2D eigenvalue weighted by molar-refractivity contribution is 5.94. The number of nitriles is 1. The minimum Gasteiger partial charge on any atom is -0.480 e. The largest absolute Gasteiger partial charge is 0.480 e. The number of carbonyl (C=O) groups is 1. The van der Waals surface area contributed by atoms with E-state index in [0.717, 1.165) is 54.7 Å². The number of rotatable bonds is 2. The molecule has 1 amide bonds. The molecule has 1 aromatic carbocycles. The first kappa shape index (κ1) is 15.6. The summed E-state index contributed by atoms with van der Waals surface area (Å²) in [6.07, 6.45) is 4.94. The molecule has 0 saturated heterocycles. The van der Waals surface area contributed by atoms with E-state index in [1.54, 1.807) is 0 Å². The number of ether oxygens (including phenoxy) is 1. The van der Waals surface area contributed by atoms with E-state index in [9.17, 15) is 10.1 Å². The molecule has 1 aliphatic heterocycles. The lowest BCUT2D eigenvalue weighted by Crippen LogP contribution is -2.36. The van der Waals surface area contributed by atoms with E-state index in [1.807, 2.05) is 30.3 Å². The number of aryl methyl sites for hydroxylation is 3. The van der Waals surface area contributed by atoms with Crippen LogP contribution in [0.15, 0.2) is 30.3 Å². The first-order valence-corrected chi connectivity index (χ1v) is 8.73. The second kappa shape index (κ2) is 6.56. The average molecular weight is 333 g/mol. The normalized spacial score (nSPS) is 18.3. The zero-order valence-electron chi connectivity index (χ0n) is 13.9. The quantitative estimate of drug-likeness (QED) is 0.916. The summed E-state index contributed by atoms with van der Waals surface area (Å²) in [5.41, 5.74) is 3.67. The number of amides is 1. The highest BCUT2D eigenvalue weighted by Gasteiger charge is 2.27. The van der Waals surface area contributed by atoms with Crippen molar-refractivity contribution in [1.29, 1.82) is 5.26 Å². The van der Waals surface area contributed by atoms with Crippen molar-refractivity contribution in [3.05, 3.63) is 52.7 Å². The molecule has 2 aliphatic rings. The average Bonchev–Trinajstić information content (AvgIpc) is 2.67. The van der Waals surface area contributed by atoms with Gasteiger partial charge >= 0.3 is 0 Å². The molecule has 1 atom stereocenters. The molecule has 1 N–H and O–H groups in total. The lowest BCUT2D eigenvalue weighted by atomic mass is 9.95. The van der Waals surface area contributed by atoms with Crippen LogP contribution in [0.4, 0.5) is 5.82 Å². The van der Waals surface area contributed by atoms with Gasteiger partial charge in [-0.1, -0.05) is 18.2 Å². The standard InChI is InChI=1S/C20H19N3O2/c21-12-15-11-14-6-1-3-7-16(14)22-19(15)23-20(24)18-10-9-13-5-2-4-8-17(13)25-18/h2,4-5,8,11,18H,1,3,6-7,9-10H2,(H,22,23,24). The smallest absolute Gasteiger partial charge is 0.266 e. The molecule has 0 radical (unpaired) electrons. The van der Waals surface area contributed by atoms with E-state index in [2.05, 4.69) is 16.4 Å². The third kappa shape index (κ3) is 3.08. The van der Waals surface area contributed by atoms with E-state index in [4.69, 9.17) is 4.74 Å². The van der Waals surface area contributed by atoms with Crippen LogP contribution >= 0.6 is 0 Å². The van der Waals surface area contributed by atoms with Crippen LogP contribution in [-0.2, 0) is 24.1 Å². The number of anilines is 1. The Kier molecular flexibility index (Phi) is 4.10. The zero-order valence-corrected chi connectivity index (χ0v) is 13.9. The van der Waals surface area contributed by atoms with Crippen molar-refractivity contribution in [2.45, 2.75) is 44.6 Å². The number of pyridine rings is 1. The highest BCUT2D eigenvalue weighted by atomic mass is 16.5. The molecule has 126 valence electrons. The second-order valence-electron chi connectivity index (χ2n) is 6.55. The van der Waals surface area contributed by atoms with Crippen molar-refractivity contribution in [2.75, 3.05) is 5.32 Å². The van der Waals surface area contributed by atoms with Crippen LogP contribution in [0.5, 0.6) is 5.75 Å². The summed E-state index contributed by atoms with van der Waals surface area (Å²) in [6, 6.07) is 11.8. The molecule has 2 aromatic rings. The van der Waals surface area contributed by atoms with Crippen LogP contribution in [0.2, 0.25) is 0 Å². The molecular formula is C20H19N3O2. The summed E-state index contributed by atoms with van der Waals surface area (Å²) in [4.78, 5) is 17.2. The molecule has 0 saturated carbocycles. The highest BCUT2D eigenvalue weighted by Crippen LogP contribution is 2.28. The van der Waals surface area contributed by atoms with Crippen molar-refractivity contribution >= 4 is 11.7 Å². The number of carbonyl (C=O) groups excluding carboxylic acids is 1. The van der Waals surface area contributed by atoms with Crippen LogP contribution < -0.4 is 10.1 Å². The van der Waals surface area contributed by atoms with E-state index < -0.39 is 6.10 Å². The van der Waals surface area contributed by atoms with Crippen molar-refractivity contribution in [2.24, 2.45) is 0 Å². The number of benzene rings is 1. The number of hydrogen-bond acceptors (Lipinski definition) is 4. The number of nitrogens with zero attached hydrogens (tertiary/aromatic N) is 2. The molecule has 4 rings (SSSR count). The van der Waals surface area contributed by atoms with Crippen LogP contribution in [0.25, 0.3) is 0 Å². The molecule has 1 unspecified atom stereocenters. The van der Waals surface area contributed by atoms with E-state index in [-0.39, 0.29) is 5.91 Å². The molecule has 5 nitrogen and oxygen atoms in total. The lowest BCUT2D eigenvalue weighted by molar-refractivity contribution is -0.123. The Balaban J connectivity index is 1.54. The van der Waals surface area contributed by atoms with Gasteiger partial charge in [-0.05, 0) is 61.8 Å². The fourth-order valence-corrected chi connectivity index (χ4v) is 3.52. The molecule has 25 heavy (non-hydrogen) atoms. The first-order chi connectivity index (χ1) is 12.2. The predicted octanol–water partition coefficient (Wildman–Crippen LogP) is 3.16. The van der Waals surface area contributed by atoms with Crippen LogP contribution in [0.3, 0.4) is 0 Å². The van der Waals surface area contributed by atoms with Gasteiger partial charge in [0.15, 0.2) is 11.9 Å². The van der Waals surface area contributed by atoms with Gasteiger partial charge in [-0.15, -0.1) is 0 Å². The minimum absolute atomic E-state index is 0.241. The van der Waals surface area contributed by atoms with Gasteiger partial charge in [-0.3, -0.25) is 4.79 Å². The molecule has 2 heterocycles. The SMILES string of the molecule is N#Cc1cc2c(nc1NC(=O)C1CCc3ccccc3O1)CCCC2. The Bertz CT molecular complexity index is 870. The van der Waals surface area contributed by atoms with Gasteiger partial charge in [0.1, 0.15) is 11.8 Å². The molecule has 0 spiro atoms. The van der Waals surface area contributed by atoms with Crippen LogP contribution in [-0.4, -0.2) is 17.0 Å². The number of para-hydroxylation sites is 1. The topological polar surface area (TPSA) is 75.0 Å². The monoisotopic (exact) mass is 333 g/mol. The Morgan fingerprint density at radius 3 is 2.92 bits per heavy atom. The van der Waals surface area contributed by atoms with Crippen LogP contribution in [0, 0.1) is 11.3 Å². The van der Waals surface area contributed by atoms with Gasteiger partial charge in [0.25, 0.3) is 5.91 Å². The maximum atomic E-state index is 12.6. The van der Waals surface area contributed by atoms with E-state index >= 15 is 0 Å². The third-order valence-corrected chi connectivity index (χ3v) is 4.87. The number of nitrogens with one attached hydrogen (secondary N) is 1. The summed E-state index contributed by atoms with van der Waals surface area (Å²) in [7, 11) is 0. The van der Waals surface area contributed by atoms with E-state index in [0.29, 0.717) is 17.8 Å². The molecule has 5 heteroatoms. The van der Waals surface area contributed by atoms with Crippen molar-refractivity contribution in [3.63, 3.8) is 0 Å². The fourth-order valence-electron chi connectivity index (χ4n) is 3.52. The number of hydrogen-bond donors (Lipinski definition) is 1. The Morgan fingerprint density at radius 1 is 1.20 bits per heavy atom. The number of aromatic nitrogens is 1. The van der Waals surface area contributed by atoms with E-state index in [1.165, 1.54) is 0 Å². The maximum absolute atomic E-state index is 12.6. The molecular weight excluding hydrogens is 314 g/mol. The number of fused-ring (bicyclic) bond motifs is 2. The summed E-state index contributed by atoms with van der Waals surface area (Å²) in [5, 5.41) is 12.2.